The maximum Gasteiger partial charge on any atom is 0.184 e. The summed E-state index contributed by atoms with van der Waals surface area (Å²) >= 11 is 0. The van der Waals surface area contributed by atoms with Gasteiger partial charge < -0.3 is 18.6 Å². The number of fused-ring (bicyclic) bond motifs is 8. The SMILES string of the molecule is c1ccc(-c2ccc(N(c3ccccc3)c3ccc4c(c3)N(c3ccccc3)c3ccccc3[Si]4(c3ccc4c(c3)oc3ccccc34)c3ccc4c(c3)oc3ccccc34)cc2)cc1. The predicted molar refractivity (Wildman–Crippen MR) is 273 cm³/mol. The van der Waals surface area contributed by atoms with Crippen LogP contribution in [0.2, 0.25) is 0 Å². The lowest BCUT2D eigenvalue weighted by Gasteiger charge is -2.45. The molecule has 10 aromatic carbocycles. The normalized spacial score (nSPS) is 13.0. The molecule has 0 atom stereocenters. The van der Waals surface area contributed by atoms with Crippen molar-refractivity contribution in [2.75, 3.05) is 9.80 Å². The van der Waals surface area contributed by atoms with E-state index in [1.54, 1.807) is 0 Å². The third-order valence-electron chi connectivity index (χ3n) is 13.3. The van der Waals surface area contributed by atoms with Gasteiger partial charge in [-0.05, 0) is 111 Å². The molecular formula is C60H40N2O2Si. The van der Waals surface area contributed by atoms with Crippen molar-refractivity contribution in [1.82, 2.24) is 0 Å². The smallest absolute Gasteiger partial charge is 0.184 e. The summed E-state index contributed by atoms with van der Waals surface area (Å²) in [5.74, 6) is 0. The molecule has 2 aromatic heterocycles. The molecule has 13 rings (SSSR count). The predicted octanol–water partition coefficient (Wildman–Crippen LogP) is 13.8. The fourth-order valence-corrected chi connectivity index (χ4v) is 15.5. The molecule has 0 spiro atoms. The lowest BCUT2D eigenvalue weighted by atomic mass is 10.0. The number of hydrogen-bond acceptors (Lipinski definition) is 4. The minimum absolute atomic E-state index is 0.885. The number of anilines is 6. The molecule has 0 saturated heterocycles. The highest BCUT2D eigenvalue weighted by Crippen LogP contribution is 2.43. The van der Waals surface area contributed by atoms with Gasteiger partial charge in [0.05, 0.1) is 0 Å². The van der Waals surface area contributed by atoms with Crippen molar-refractivity contribution in [3.05, 3.63) is 243 Å². The van der Waals surface area contributed by atoms with Crippen molar-refractivity contribution in [1.29, 1.82) is 0 Å². The quantitative estimate of drug-likeness (QED) is 0.150. The van der Waals surface area contributed by atoms with E-state index in [0.717, 1.165) is 78.0 Å². The summed E-state index contributed by atoms with van der Waals surface area (Å²) in [6.07, 6.45) is 0. The van der Waals surface area contributed by atoms with Crippen LogP contribution >= 0.6 is 0 Å². The average Bonchev–Trinajstić information content (AvgIpc) is 3.94. The lowest BCUT2D eigenvalue weighted by Crippen LogP contribution is -2.77. The van der Waals surface area contributed by atoms with Crippen molar-refractivity contribution >= 4 is 107 Å². The Labute approximate surface area is 377 Å². The van der Waals surface area contributed by atoms with Crippen molar-refractivity contribution in [3.8, 4) is 11.1 Å². The molecule has 1 aliphatic rings. The molecule has 0 bridgehead atoms. The number of hydrogen-bond donors (Lipinski definition) is 0. The van der Waals surface area contributed by atoms with E-state index in [4.69, 9.17) is 8.83 Å². The molecule has 12 aromatic rings. The van der Waals surface area contributed by atoms with Crippen LogP contribution in [0.1, 0.15) is 0 Å². The maximum absolute atomic E-state index is 6.71. The molecule has 306 valence electrons. The molecule has 3 heterocycles. The fraction of sp³-hybridized carbons (Fsp3) is 0. The highest BCUT2D eigenvalue weighted by molar-refractivity contribution is 7.21. The minimum atomic E-state index is -3.22. The van der Waals surface area contributed by atoms with E-state index in [2.05, 4.69) is 240 Å². The summed E-state index contributed by atoms with van der Waals surface area (Å²) in [6, 6.07) is 87.9. The third kappa shape index (κ3) is 5.83. The van der Waals surface area contributed by atoms with Crippen LogP contribution in [0.15, 0.2) is 251 Å². The van der Waals surface area contributed by atoms with Crippen molar-refractivity contribution in [3.63, 3.8) is 0 Å². The van der Waals surface area contributed by atoms with Crippen LogP contribution < -0.4 is 30.5 Å². The minimum Gasteiger partial charge on any atom is -0.456 e. The van der Waals surface area contributed by atoms with Crippen LogP contribution in [0.3, 0.4) is 0 Å². The second-order valence-corrected chi connectivity index (χ2v) is 20.6. The Kier molecular flexibility index (Phi) is 8.51. The first-order valence-corrected chi connectivity index (χ1v) is 24.2. The molecule has 0 fully saturated rings. The Morgan fingerprint density at radius 3 is 1.45 bits per heavy atom. The van der Waals surface area contributed by atoms with Gasteiger partial charge >= 0.3 is 0 Å². The number of nitrogens with zero attached hydrogens (tertiary/aromatic N) is 2. The van der Waals surface area contributed by atoms with Gasteiger partial charge in [0.2, 0.25) is 0 Å². The molecule has 0 unspecified atom stereocenters. The Morgan fingerprint density at radius 2 is 0.800 bits per heavy atom. The highest BCUT2D eigenvalue weighted by Gasteiger charge is 2.49. The average molecular weight is 849 g/mol. The molecule has 4 nitrogen and oxygen atoms in total. The standard InChI is InChI=1S/C60H40N2O2Si/c1-4-16-41(17-5-1)42-28-30-45(31-29-42)61(43-18-6-2-7-19-43)46-32-37-60-54(38-46)62(44-20-8-3-9-21-44)53-24-12-15-27-59(53)65(60,47-33-35-51-49-22-10-13-25-55(49)63-57(51)39-47)48-34-36-52-50-23-11-14-26-56(50)64-58(52)40-48/h1-40H. The van der Waals surface area contributed by atoms with Gasteiger partial charge in [-0.2, -0.15) is 0 Å². The summed E-state index contributed by atoms with van der Waals surface area (Å²) in [5.41, 5.74) is 12.5. The van der Waals surface area contributed by atoms with E-state index in [1.807, 2.05) is 12.1 Å². The van der Waals surface area contributed by atoms with E-state index >= 15 is 0 Å². The molecule has 0 amide bonds. The van der Waals surface area contributed by atoms with Crippen LogP contribution in [0.4, 0.5) is 34.1 Å². The van der Waals surface area contributed by atoms with Gasteiger partial charge in [0, 0.05) is 55.7 Å². The van der Waals surface area contributed by atoms with Gasteiger partial charge in [-0.15, -0.1) is 0 Å². The van der Waals surface area contributed by atoms with Gasteiger partial charge in [-0.25, -0.2) is 0 Å². The molecule has 65 heavy (non-hydrogen) atoms. The van der Waals surface area contributed by atoms with Crippen LogP contribution in [0.25, 0.3) is 55.0 Å². The molecule has 1 aliphatic heterocycles. The first kappa shape index (κ1) is 37.2. The van der Waals surface area contributed by atoms with E-state index in [-0.39, 0.29) is 0 Å². The van der Waals surface area contributed by atoms with Crippen molar-refractivity contribution in [2.24, 2.45) is 0 Å². The second kappa shape index (κ2) is 14.9. The maximum atomic E-state index is 6.71. The van der Waals surface area contributed by atoms with Crippen LogP contribution in [-0.4, -0.2) is 8.07 Å². The summed E-state index contributed by atoms with van der Waals surface area (Å²) in [5, 5.41) is 9.53. The number of rotatable bonds is 7. The first-order chi connectivity index (χ1) is 32.2. The monoisotopic (exact) mass is 848 g/mol. The van der Waals surface area contributed by atoms with E-state index < -0.39 is 8.07 Å². The van der Waals surface area contributed by atoms with Gasteiger partial charge in [-0.3, -0.25) is 0 Å². The fourth-order valence-electron chi connectivity index (χ4n) is 10.4. The summed E-state index contributed by atoms with van der Waals surface area (Å²) in [7, 11) is -3.22. The summed E-state index contributed by atoms with van der Waals surface area (Å²) in [4.78, 5) is 4.85. The molecule has 0 saturated carbocycles. The summed E-state index contributed by atoms with van der Waals surface area (Å²) < 4.78 is 13.4. The Balaban J connectivity index is 1.11. The highest BCUT2D eigenvalue weighted by atomic mass is 28.3. The van der Waals surface area contributed by atoms with Crippen LogP contribution in [0.5, 0.6) is 0 Å². The number of para-hydroxylation sites is 5. The van der Waals surface area contributed by atoms with Crippen molar-refractivity contribution < 1.29 is 8.83 Å². The molecule has 5 heteroatoms. The first-order valence-electron chi connectivity index (χ1n) is 22.2. The topological polar surface area (TPSA) is 32.8 Å². The second-order valence-electron chi connectivity index (χ2n) is 16.8. The zero-order valence-electron chi connectivity index (χ0n) is 35.3. The zero-order chi connectivity index (χ0) is 42.9. The zero-order valence-corrected chi connectivity index (χ0v) is 36.3. The van der Waals surface area contributed by atoms with E-state index in [1.165, 1.54) is 31.9 Å². The van der Waals surface area contributed by atoms with Gasteiger partial charge in [0.15, 0.2) is 8.07 Å². The number of benzene rings is 10. The molecule has 0 radical (unpaired) electrons. The molecule has 0 aliphatic carbocycles. The Bertz CT molecular complexity index is 3620. The van der Waals surface area contributed by atoms with E-state index in [9.17, 15) is 0 Å². The number of furan rings is 2. The largest absolute Gasteiger partial charge is 0.456 e. The van der Waals surface area contributed by atoms with Gasteiger partial charge in [0.25, 0.3) is 0 Å². The molecule has 0 N–H and O–H groups in total. The van der Waals surface area contributed by atoms with Crippen LogP contribution in [-0.2, 0) is 0 Å². The third-order valence-corrected chi connectivity index (χ3v) is 18.1. The van der Waals surface area contributed by atoms with Gasteiger partial charge in [0.1, 0.15) is 22.3 Å². The van der Waals surface area contributed by atoms with E-state index in [0.29, 0.717) is 0 Å². The molecular weight excluding hydrogens is 809 g/mol. The van der Waals surface area contributed by atoms with Gasteiger partial charge in [-0.1, -0.05) is 164 Å². The lowest BCUT2D eigenvalue weighted by molar-refractivity contribution is 0.669. The Hall–Kier alpha value is -8.38. The van der Waals surface area contributed by atoms with Crippen molar-refractivity contribution in [2.45, 2.75) is 0 Å². The Morgan fingerprint density at radius 1 is 0.323 bits per heavy atom. The summed E-state index contributed by atoms with van der Waals surface area (Å²) in [6.45, 7) is 0. The van der Waals surface area contributed by atoms with Crippen LogP contribution in [0, 0.1) is 0 Å².